The number of methoxy groups -OCH3 is 1. The third-order valence-electron chi connectivity index (χ3n) is 3.04. The molecule has 5 heteroatoms. The number of benzene rings is 1. The van der Waals surface area contributed by atoms with Crippen molar-refractivity contribution in [3.05, 3.63) is 28.2 Å². The first-order valence-electron chi connectivity index (χ1n) is 5.69. The van der Waals surface area contributed by atoms with Crippen molar-refractivity contribution in [2.45, 2.75) is 19.9 Å². The molecule has 1 atom stereocenters. The van der Waals surface area contributed by atoms with Crippen molar-refractivity contribution in [1.29, 1.82) is 0 Å². The van der Waals surface area contributed by atoms with Crippen molar-refractivity contribution in [2.75, 3.05) is 7.11 Å². The number of amides is 2. The number of carbonyl (C=O) groups is 2. The number of nitrogens with zero attached hydrogens (tertiary/aromatic N) is 1. The monoisotopic (exact) mass is 311 g/mol. The molecule has 2 amide bonds. The zero-order valence-electron chi connectivity index (χ0n) is 10.3. The molecule has 1 saturated heterocycles. The van der Waals surface area contributed by atoms with Crippen LogP contribution in [0, 0.1) is 5.92 Å². The van der Waals surface area contributed by atoms with Gasteiger partial charge in [-0.2, -0.15) is 0 Å². The summed E-state index contributed by atoms with van der Waals surface area (Å²) in [6.45, 7) is 2.04. The molecular formula is C13H14BrNO3. The maximum atomic E-state index is 11.9. The van der Waals surface area contributed by atoms with E-state index >= 15 is 0 Å². The van der Waals surface area contributed by atoms with E-state index in [1.165, 1.54) is 4.90 Å². The van der Waals surface area contributed by atoms with Crippen LogP contribution in [-0.4, -0.2) is 23.8 Å². The van der Waals surface area contributed by atoms with E-state index in [4.69, 9.17) is 4.74 Å². The smallest absolute Gasteiger partial charge is 0.232 e. The van der Waals surface area contributed by atoms with Crippen LogP contribution < -0.4 is 4.74 Å². The standard InChI is InChI=1S/C13H14BrNO3/c1-8-5-12(16)15(13(8)17)7-9-6-10(14)3-4-11(9)18-2/h3-4,6,8H,5,7H2,1-2H3. The second kappa shape index (κ2) is 5.10. The number of hydrogen-bond donors (Lipinski definition) is 0. The average molecular weight is 312 g/mol. The highest BCUT2D eigenvalue weighted by atomic mass is 79.9. The fourth-order valence-electron chi connectivity index (χ4n) is 2.06. The SMILES string of the molecule is COc1ccc(Br)cc1CN1C(=O)CC(C)C1=O. The van der Waals surface area contributed by atoms with Gasteiger partial charge in [0, 0.05) is 22.4 Å². The number of carbonyl (C=O) groups excluding carboxylic acids is 2. The lowest BCUT2D eigenvalue weighted by atomic mass is 10.1. The van der Waals surface area contributed by atoms with E-state index in [1.807, 2.05) is 18.2 Å². The summed E-state index contributed by atoms with van der Waals surface area (Å²) in [5, 5.41) is 0. The molecule has 96 valence electrons. The van der Waals surface area contributed by atoms with E-state index in [-0.39, 0.29) is 24.3 Å². The Bertz CT molecular complexity index is 501. The van der Waals surface area contributed by atoms with Crippen LogP contribution in [0.2, 0.25) is 0 Å². The summed E-state index contributed by atoms with van der Waals surface area (Å²) in [5.41, 5.74) is 0.822. The Morgan fingerprint density at radius 2 is 2.17 bits per heavy atom. The van der Waals surface area contributed by atoms with Crippen LogP contribution in [-0.2, 0) is 16.1 Å². The molecule has 1 aliphatic heterocycles. The lowest BCUT2D eigenvalue weighted by Crippen LogP contribution is -2.29. The van der Waals surface area contributed by atoms with Gasteiger partial charge in [0.25, 0.3) is 0 Å². The second-order valence-electron chi connectivity index (χ2n) is 4.38. The van der Waals surface area contributed by atoms with Crippen molar-refractivity contribution in [2.24, 2.45) is 5.92 Å². The van der Waals surface area contributed by atoms with Gasteiger partial charge in [-0.15, -0.1) is 0 Å². The minimum atomic E-state index is -0.212. The molecule has 1 aromatic rings. The van der Waals surface area contributed by atoms with Crippen molar-refractivity contribution in [3.8, 4) is 5.75 Å². The molecule has 1 heterocycles. The number of halogens is 1. The summed E-state index contributed by atoms with van der Waals surface area (Å²) in [6.07, 6.45) is 0.301. The van der Waals surface area contributed by atoms with Gasteiger partial charge in [0.05, 0.1) is 13.7 Å². The predicted molar refractivity (Wildman–Crippen MR) is 70.0 cm³/mol. The average Bonchev–Trinajstić information content (AvgIpc) is 2.56. The minimum Gasteiger partial charge on any atom is -0.496 e. The molecule has 0 bridgehead atoms. The summed E-state index contributed by atoms with van der Waals surface area (Å²) in [4.78, 5) is 24.9. The zero-order chi connectivity index (χ0) is 13.3. The summed E-state index contributed by atoms with van der Waals surface area (Å²) in [5.74, 6) is 0.241. The Hall–Kier alpha value is -1.36. The van der Waals surface area contributed by atoms with E-state index < -0.39 is 0 Å². The highest BCUT2D eigenvalue weighted by molar-refractivity contribution is 9.10. The fraction of sp³-hybridized carbons (Fsp3) is 0.385. The van der Waals surface area contributed by atoms with Crippen LogP contribution in [0.3, 0.4) is 0 Å². The zero-order valence-corrected chi connectivity index (χ0v) is 11.9. The van der Waals surface area contributed by atoms with Crippen LogP contribution >= 0.6 is 15.9 Å². The minimum absolute atomic E-state index is 0.109. The molecule has 0 radical (unpaired) electrons. The van der Waals surface area contributed by atoms with Crippen LogP contribution in [0.1, 0.15) is 18.9 Å². The first-order valence-corrected chi connectivity index (χ1v) is 6.49. The maximum absolute atomic E-state index is 11.9. The third-order valence-corrected chi connectivity index (χ3v) is 3.53. The molecule has 0 N–H and O–H groups in total. The van der Waals surface area contributed by atoms with E-state index in [0.717, 1.165) is 10.0 Å². The molecule has 2 rings (SSSR count). The molecule has 0 aromatic heterocycles. The van der Waals surface area contributed by atoms with Crippen LogP contribution in [0.25, 0.3) is 0 Å². The maximum Gasteiger partial charge on any atom is 0.232 e. The van der Waals surface area contributed by atoms with Crippen molar-refractivity contribution in [3.63, 3.8) is 0 Å². The van der Waals surface area contributed by atoms with Crippen molar-refractivity contribution >= 4 is 27.7 Å². The molecule has 1 fully saturated rings. The fourth-order valence-corrected chi connectivity index (χ4v) is 2.46. The summed E-state index contributed by atoms with van der Waals surface area (Å²) in [7, 11) is 1.57. The van der Waals surface area contributed by atoms with Gasteiger partial charge in [0.15, 0.2) is 0 Å². The van der Waals surface area contributed by atoms with Gasteiger partial charge in [-0.1, -0.05) is 22.9 Å². The van der Waals surface area contributed by atoms with Crippen molar-refractivity contribution in [1.82, 2.24) is 4.90 Å². The van der Waals surface area contributed by atoms with Crippen LogP contribution in [0.15, 0.2) is 22.7 Å². The van der Waals surface area contributed by atoms with Gasteiger partial charge in [-0.05, 0) is 18.2 Å². The topological polar surface area (TPSA) is 46.6 Å². The van der Waals surface area contributed by atoms with E-state index in [9.17, 15) is 9.59 Å². The number of rotatable bonds is 3. The normalized spacial score (nSPS) is 19.5. The molecule has 1 aromatic carbocycles. The number of imide groups is 1. The Morgan fingerprint density at radius 3 is 2.72 bits per heavy atom. The highest BCUT2D eigenvalue weighted by Gasteiger charge is 2.35. The predicted octanol–water partition coefficient (Wildman–Crippen LogP) is 2.35. The lowest BCUT2D eigenvalue weighted by molar-refractivity contribution is -0.139. The molecule has 1 unspecified atom stereocenters. The van der Waals surface area contributed by atoms with Gasteiger partial charge in [-0.25, -0.2) is 0 Å². The lowest BCUT2D eigenvalue weighted by Gasteiger charge is -2.16. The molecule has 0 saturated carbocycles. The first kappa shape index (κ1) is 13.1. The van der Waals surface area contributed by atoms with E-state index in [2.05, 4.69) is 15.9 Å². The molecule has 4 nitrogen and oxygen atoms in total. The van der Waals surface area contributed by atoms with Gasteiger partial charge in [0.2, 0.25) is 11.8 Å². The van der Waals surface area contributed by atoms with Gasteiger partial charge >= 0.3 is 0 Å². The van der Waals surface area contributed by atoms with Crippen molar-refractivity contribution < 1.29 is 14.3 Å². The second-order valence-corrected chi connectivity index (χ2v) is 5.30. The van der Waals surface area contributed by atoms with Crippen LogP contribution in [0.4, 0.5) is 0 Å². The molecule has 18 heavy (non-hydrogen) atoms. The largest absolute Gasteiger partial charge is 0.496 e. The Kier molecular flexibility index (Phi) is 3.71. The first-order chi connectivity index (χ1) is 8.52. The summed E-state index contributed by atoms with van der Waals surface area (Å²) < 4.78 is 6.13. The highest BCUT2D eigenvalue weighted by Crippen LogP contribution is 2.27. The van der Waals surface area contributed by atoms with Gasteiger partial charge in [-0.3, -0.25) is 14.5 Å². The van der Waals surface area contributed by atoms with Gasteiger partial charge < -0.3 is 4.74 Å². The number of hydrogen-bond acceptors (Lipinski definition) is 3. The Morgan fingerprint density at radius 1 is 1.44 bits per heavy atom. The van der Waals surface area contributed by atoms with Crippen LogP contribution in [0.5, 0.6) is 5.75 Å². The molecule has 0 spiro atoms. The number of likely N-dealkylation sites (tertiary alicyclic amines) is 1. The summed E-state index contributed by atoms with van der Waals surface area (Å²) >= 11 is 3.37. The molecular weight excluding hydrogens is 298 g/mol. The van der Waals surface area contributed by atoms with Gasteiger partial charge in [0.1, 0.15) is 5.75 Å². The summed E-state index contributed by atoms with van der Waals surface area (Å²) in [6, 6.07) is 5.54. The quantitative estimate of drug-likeness (QED) is 0.805. The van der Waals surface area contributed by atoms with E-state index in [1.54, 1.807) is 14.0 Å². The Balaban J connectivity index is 2.26. The third kappa shape index (κ3) is 2.41. The van der Waals surface area contributed by atoms with E-state index in [0.29, 0.717) is 12.2 Å². The Labute approximate surface area is 114 Å². The number of ether oxygens (including phenoxy) is 1. The molecule has 1 aliphatic rings. The molecule has 0 aliphatic carbocycles.